The lowest BCUT2D eigenvalue weighted by atomic mass is 9.93. The van der Waals surface area contributed by atoms with Gasteiger partial charge in [0.25, 0.3) is 0 Å². The number of aliphatic hydroxyl groups excluding tert-OH is 1. The molecule has 2 aromatic heterocycles. The van der Waals surface area contributed by atoms with E-state index < -0.39 is 5.54 Å². The van der Waals surface area contributed by atoms with E-state index in [1.165, 1.54) is 0 Å². The van der Waals surface area contributed by atoms with Crippen LogP contribution in [0.5, 0.6) is 0 Å². The highest BCUT2D eigenvalue weighted by Gasteiger charge is 2.25. The van der Waals surface area contributed by atoms with Crippen LogP contribution in [0, 0.1) is 0 Å². The van der Waals surface area contributed by atoms with Crippen molar-refractivity contribution in [1.29, 1.82) is 0 Å². The van der Waals surface area contributed by atoms with Gasteiger partial charge in [0.2, 0.25) is 0 Å². The van der Waals surface area contributed by atoms with Gasteiger partial charge in [-0.25, -0.2) is 4.98 Å². The van der Waals surface area contributed by atoms with E-state index in [9.17, 15) is 5.11 Å². The summed E-state index contributed by atoms with van der Waals surface area (Å²) in [4.78, 5) is 4.56. The summed E-state index contributed by atoms with van der Waals surface area (Å²) in [5.74, 6) is 0. The van der Waals surface area contributed by atoms with E-state index >= 15 is 0 Å². The maximum absolute atomic E-state index is 9.77. The lowest BCUT2D eigenvalue weighted by Crippen LogP contribution is -2.42. The standard InChI is InChI=1S/C17H19N3O/c1-17(13-21,14-7-3-2-4-8-14)18-11-15-12-20-10-6-5-9-16(20)19-15/h2-10,12,18,21H,11,13H2,1H3. The van der Waals surface area contributed by atoms with Crippen molar-refractivity contribution in [2.24, 2.45) is 0 Å². The molecule has 0 aliphatic heterocycles. The average molecular weight is 281 g/mol. The Morgan fingerprint density at radius 1 is 1.14 bits per heavy atom. The highest BCUT2D eigenvalue weighted by atomic mass is 16.3. The largest absolute Gasteiger partial charge is 0.394 e. The molecule has 4 heteroatoms. The highest BCUT2D eigenvalue weighted by molar-refractivity contribution is 5.39. The van der Waals surface area contributed by atoms with Crippen LogP contribution >= 0.6 is 0 Å². The molecule has 3 rings (SSSR count). The van der Waals surface area contributed by atoms with Crippen molar-refractivity contribution in [3.05, 3.63) is 72.2 Å². The number of aromatic nitrogens is 2. The molecule has 1 aromatic carbocycles. The van der Waals surface area contributed by atoms with Gasteiger partial charge in [-0.3, -0.25) is 5.32 Å². The van der Waals surface area contributed by atoms with E-state index in [0.717, 1.165) is 16.9 Å². The van der Waals surface area contributed by atoms with E-state index in [4.69, 9.17) is 0 Å². The van der Waals surface area contributed by atoms with Crippen LogP contribution in [-0.2, 0) is 12.1 Å². The minimum atomic E-state index is -0.475. The normalized spacial score (nSPS) is 14.2. The quantitative estimate of drug-likeness (QED) is 0.754. The SMILES string of the molecule is CC(CO)(NCc1cn2ccccc2n1)c1ccccc1. The lowest BCUT2D eigenvalue weighted by molar-refractivity contribution is 0.173. The second-order valence-electron chi connectivity index (χ2n) is 5.41. The molecule has 0 spiro atoms. The molecule has 1 unspecified atom stereocenters. The number of aliphatic hydroxyl groups is 1. The van der Waals surface area contributed by atoms with Crippen molar-refractivity contribution >= 4 is 5.65 Å². The third-order valence-corrected chi connectivity index (χ3v) is 3.80. The van der Waals surface area contributed by atoms with Crippen LogP contribution in [-0.4, -0.2) is 21.1 Å². The second-order valence-corrected chi connectivity index (χ2v) is 5.41. The zero-order valence-corrected chi connectivity index (χ0v) is 12.0. The number of fused-ring (bicyclic) bond motifs is 1. The first-order valence-electron chi connectivity index (χ1n) is 7.05. The number of nitrogens with zero attached hydrogens (tertiary/aromatic N) is 2. The van der Waals surface area contributed by atoms with Gasteiger partial charge >= 0.3 is 0 Å². The number of benzene rings is 1. The Labute approximate surface area is 124 Å². The summed E-state index contributed by atoms with van der Waals surface area (Å²) in [6.45, 7) is 2.64. The van der Waals surface area contributed by atoms with Gasteiger partial charge in [-0.05, 0) is 24.6 Å². The van der Waals surface area contributed by atoms with E-state index in [1.807, 2.05) is 72.2 Å². The minimum Gasteiger partial charge on any atom is -0.394 e. The van der Waals surface area contributed by atoms with Crippen molar-refractivity contribution in [2.75, 3.05) is 6.61 Å². The molecule has 0 saturated heterocycles. The molecule has 21 heavy (non-hydrogen) atoms. The van der Waals surface area contributed by atoms with Crippen LogP contribution in [0.15, 0.2) is 60.9 Å². The Morgan fingerprint density at radius 3 is 2.62 bits per heavy atom. The van der Waals surface area contributed by atoms with Gasteiger partial charge < -0.3 is 9.51 Å². The van der Waals surface area contributed by atoms with Crippen LogP contribution < -0.4 is 5.32 Å². The molecule has 0 fully saturated rings. The number of hydrogen-bond acceptors (Lipinski definition) is 3. The van der Waals surface area contributed by atoms with Crippen LogP contribution in [0.2, 0.25) is 0 Å². The van der Waals surface area contributed by atoms with Gasteiger partial charge in [-0.2, -0.15) is 0 Å². The fraction of sp³-hybridized carbons (Fsp3) is 0.235. The number of nitrogens with one attached hydrogen (secondary N) is 1. The number of imidazole rings is 1. The van der Waals surface area contributed by atoms with Crippen molar-refractivity contribution in [2.45, 2.75) is 19.0 Å². The summed E-state index contributed by atoms with van der Waals surface area (Å²) >= 11 is 0. The summed E-state index contributed by atoms with van der Waals surface area (Å²) in [5.41, 5.74) is 2.48. The summed E-state index contributed by atoms with van der Waals surface area (Å²) in [7, 11) is 0. The van der Waals surface area contributed by atoms with Gasteiger partial charge in [-0.15, -0.1) is 0 Å². The van der Waals surface area contributed by atoms with E-state index in [1.54, 1.807) is 0 Å². The number of pyridine rings is 1. The number of rotatable bonds is 5. The molecule has 0 radical (unpaired) electrons. The molecule has 0 saturated carbocycles. The monoisotopic (exact) mass is 281 g/mol. The topological polar surface area (TPSA) is 49.6 Å². The van der Waals surface area contributed by atoms with E-state index in [0.29, 0.717) is 6.54 Å². The molecular formula is C17H19N3O. The minimum absolute atomic E-state index is 0.0321. The summed E-state index contributed by atoms with van der Waals surface area (Å²) in [6, 6.07) is 15.9. The molecule has 0 aliphatic rings. The molecule has 108 valence electrons. The highest BCUT2D eigenvalue weighted by Crippen LogP contribution is 2.20. The molecule has 2 heterocycles. The fourth-order valence-electron chi connectivity index (χ4n) is 2.41. The summed E-state index contributed by atoms with van der Waals surface area (Å²) in [5, 5.41) is 13.2. The molecule has 0 amide bonds. The molecule has 0 bridgehead atoms. The van der Waals surface area contributed by atoms with Crippen molar-refractivity contribution in [3.63, 3.8) is 0 Å². The van der Waals surface area contributed by atoms with Gasteiger partial charge in [0.05, 0.1) is 17.8 Å². The van der Waals surface area contributed by atoms with Crippen molar-refractivity contribution in [1.82, 2.24) is 14.7 Å². The van der Waals surface area contributed by atoms with Crippen LogP contribution in [0.25, 0.3) is 5.65 Å². The maximum atomic E-state index is 9.77. The third kappa shape index (κ3) is 2.82. The predicted octanol–water partition coefficient (Wildman–Crippen LogP) is 2.33. The predicted molar refractivity (Wildman–Crippen MR) is 82.9 cm³/mol. The molecule has 0 aliphatic carbocycles. The van der Waals surface area contributed by atoms with Gasteiger partial charge in [0, 0.05) is 18.9 Å². The molecule has 4 nitrogen and oxygen atoms in total. The molecule has 1 atom stereocenters. The van der Waals surface area contributed by atoms with Gasteiger partial charge in [0.1, 0.15) is 5.65 Å². The van der Waals surface area contributed by atoms with E-state index in [2.05, 4.69) is 10.3 Å². The van der Waals surface area contributed by atoms with Gasteiger partial charge in [0.15, 0.2) is 0 Å². The number of hydrogen-bond donors (Lipinski definition) is 2. The lowest BCUT2D eigenvalue weighted by Gasteiger charge is -2.29. The first-order chi connectivity index (χ1) is 10.2. The molecule has 3 aromatic rings. The molecule has 2 N–H and O–H groups in total. The van der Waals surface area contributed by atoms with Crippen molar-refractivity contribution in [3.8, 4) is 0 Å². The smallest absolute Gasteiger partial charge is 0.137 e. The Bertz CT molecular complexity index is 690. The van der Waals surface area contributed by atoms with Crippen molar-refractivity contribution < 1.29 is 5.11 Å². The summed E-state index contributed by atoms with van der Waals surface area (Å²) in [6.07, 6.45) is 3.99. The Balaban J connectivity index is 1.78. The van der Waals surface area contributed by atoms with E-state index in [-0.39, 0.29) is 6.61 Å². The zero-order valence-electron chi connectivity index (χ0n) is 12.0. The Morgan fingerprint density at radius 2 is 1.90 bits per heavy atom. The Hall–Kier alpha value is -2.17. The summed E-state index contributed by atoms with van der Waals surface area (Å²) < 4.78 is 2.00. The maximum Gasteiger partial charge on any atom is 0.137 e. The fourth-order valence-corrected chi connectivity index (χ4v) is 2.41. The zero-order chi connectivity index (χ0) is 14.7. The Kier molecular flexibility index (Phi) is 3.73. The first kappa shape index (κ1) is 13.8. The van der Waals surface area contributed by atoms with Gasteiger partial charge in [-0.1, -0.05) is 36.4 Å². The van der Waals surface area contributed by atoms with Crippen LogP contribution in [0.4, 0.5) is 0 Å². The van der Waals surface area contributed by atoms with Crippen LogP contribution in [0.3, 0.4) is 0 Å². The van der Waals surface area contributed by atoms with Crippen LogP contribution in [0.1, 0.15) is 18.2 Å². The average Bonchev–Trinajstić information content (AvgIpc) is 2.96. The second kappa shape index (κ2) is 5.68. The first-order valence-corrected chi connectivity index (χ1v) is 7.05. The third-order valence-electron chi connectivity index (χ3n) is 3.80. The molecular weight excluding hydrogens is 262 g/mol.